The Balaban J connectivity index is 1.74. The Morgan fingerprint density at radius 1 is 1.22 bits per heavy atom. The highest BCUT2D eigenvalue weighted by atomic mass is 16.5. The summed E-state index contributed by atoms with van der Waals surface area (Å²) >= 11 is 0. The molecule has 0 saturated carbocycles. The number of nitrogens with zero attached hydrogens (tertiary/aromatic N) is 3. The fourth-order valence-corrected chi connectivity index (χ4v) is 3.02. The molecule has 1 unspecified atom stereocenters. The van der Waals surface area contributed by atoms with Crippen molar-refractivity contribution in [3.05, 3.63) is 64.8 Å². The van der Waals surface area contributed by atoms with E-state index in [1.54, 1.807) is 6.20 Å². The zero-order chi connectivity index (χ0) is 15.5. The van der Waals surface area contributed by atoms with Gasteiger partial charge in [-0.05, 0) is 40.3 Å². The highest BCUT2D eigenvalue weighted by molar-refractivity contribution is 5.46. The van der Waals surface area contributed by atoms with E-state index in [-0.39, 0.29) is 6.04 Å². The lowest BCUT2D eigenvalue weighted by Crippen LogP contribution is -2.41. The van der Waals surface area contributed by atoms with E-state index in [2.05, 4.69) is 44.7 Å². The van der Waals surface area contributed by atoms with Gasteiger partial charge in [0.15, 0.2) is 5.82 Å². The summed E-state index contributed by atoms with van der Waals surface area (Å²) in [5, 5.41) is 13.8. The predicted octanol–water partition coefficient (Wildman–Crippen LogP) is 0.690. The average Bonchev–Trinajstić information content (AvgIpc) is 2.87. The van der Waals surface area contributed by atoms with Crippen molar-refractivity contribution in [3.63, 3.8) is 0 Å². The minimum Gasteiger partial charge on any atom is -0.377 e. The predicted molar refractivity (Wildman–Crippen MR) is 89.8 cm³/mol. The zero-order valence-corrected chi connectivity index (χ0v) is 12.7. The molecule has 0 bridgehead atoms. The van der Waals surface area contributed by atoms with E-state index in [0.29, 0.717) is 13.2 Å². The number of aromatic nitrogens is 2. The third kappa shape index (κ3) is 2.83. The first kappa shape index (κ1) is 14.0. The minimum atomic E-state index is 0.148. The second-order valence-electron chi connectivity index (χ2n) is 5.59. The molecule has 116 valence electrons. The summed E-state index contributed by atoms with van der Waals surface area (Å²) in [5.74, 6) is 0.895. The lowest BCUT2D eigenvalue weighted by molar-refractivity contribution is 0.0936. The summed E-state index contributed by atoms with van der Waals surface area (Å²) in [6.07, 6.45) is 9.76. The molecule has 1 N–H and O–H groups in total. The fraction of sp³-hybridized carbons (Fsp3) is 0.222. The molecular weight excluding hydrogens is 288 g/mol. The molecule has 1 aromatic heterocycles. The van der Waals surface area contributed by atoms with Crippen LogP contribution < -0.4 is 20.7 Å². The van der Waals surface area contributed by atoms with Crippen LogP contribution in [0.2, 0.25) is 0 Å². The molecule has 2 aliphatic heterocycles. The third-order valence-electron chi connectivity index (χ3n) is 4.18. The van der Waals surface area contributed by atoms with Gasteiger partial charge in [-0.25, -0.2) is 0 Å². The number of benzene rings is 1. The molecule has 1 atom stereocenters. The first-order valence-corrected chi connectivity index (χ1v) is 7.77. The maximum Gasteiger partial charge on any atom is 0.151 e. The van der Waals surface area contributed by atoms with Crippen LogP contribution in [-0.4, -0.2) is 30.0 Å². The first-order valence-electron chi connectivity index (χ1n) is 7.77. The minimum absolute atomic E-state index is 0.148. The number of anilines is 1. The number of nitrogens with one attached hydrogen (secondary N) is 1. The van der Waals surface area contributed by atoms with E-state index in [9.17, 15) is 0 Å². The fourth-order valence-electron chi connectivity index (χ4n) is 3.02. The van der Waals surface area contributed by atoms with Crippen molar-refractivity contribution in [2.75, 3.05) is 24.7 Å². The van der Waals surface area contributed by atoms with Crippen molar-refractivity contribution < 1.29 is 4.74 Å². The normalized spacial score (nSPS) is 19.8. The van der Waals surface area contributed by atoms with E-state index < -0.39 is 0 Å². The smallest absolute Gasteiger partial charge is 0.151 e. The number of allylic oxidation sites excluding steroid dienone is 1. The molecule has 2 aliphatic rings. The number of ether oxygens (including phenoxy) is 1. The molecule has 23 heavy (non-hydrogen) atoms. The molecule has 0 radical (unpaired) electrons. The average molecular weight is 306 g/mol. The molecule has 2 aromatic rings. The maximum absolute atomic E-state index is 5.72. The Morgan fingerprint density at radius 3 is 3.13 bits per heavy atom. The Labute approximate surface area is 134 Å². The maximum atomic E-state index is 5.72. The first-order chi connectivity index (χ1) is 11.4. The molecule has 4 rings (SSSR count). The van der Waals surface area contributed by atoms with Gasteiger partial charge in [-0.1, -0.05) is 18.2 Å². The Morgan fingerprint density at radius 2 is 2.22 bits per heavy atom. The van der Waals surface area contributed by atoms with Crippen molar-refractivity contribution in [3.8, 4) is 0 Å². The van der Waals surface area contributed by atoms with E-state index in [4.69, 9.17) is 4.74 Å². The van der Waals surface area contributed by atoms with Gasteiger partial charge in [0.05, 0.1) is 19.3 Å². The summed E-state index contributed by atoms with van der Waals surface area (Å²) in [4.78, 5) is 2.27. The number of fused-ring (bicyclic) bond motifs is 1. The van der Waals surface area contributed by atoms with Crippen molar-refractivity contribution in [2.45, 2.75) is 6.04 Å². The van der Waals surface area contributed by atoms with Gasteiger partial charge in [-0.2, -0.15) is 5.10 Å². The van der Waals surface area contributed by atoms with Gasteiger partial charge >= 0.3 is 0 Å². The molecule has 0 aliphatic carbocycles. The monoisotopic (exact) mass is 306 g/mol. The topological polar surface area (TPSA) is 50.3 Å². The zero-order valence-electron chi connectivity index (χ0n) is 12.7. The number of morpholine rings is 1. The van der Waals surface area contributed by atoms with Crippen LogP contribution in [0.15, 0.2) is 48.8 Å². The molecule has 5 nitrogen and oxygen atoms in total. The van der Waals surface area contributed by atoms with Gasteiger partial charge in [-0.3, -0.25) is 0 Å². The van der Waals surface area contributed by atoms with Crippen LogP contribution in [0.1, 0.15) is 11.6 Å². The van der Waals surface area contributed by atoms with Crippen LogP contribution in [0.5, 0.6) is 0 Å². The molecular formula is C18H18N4O. The lowest BCUT2D eigenvalue weighted by Gasteiger charge is -2.36. The van der Waals surface area contributed by atoms with Crippen LogP contribution in [0, 0.1) is 0 Å². The van der Waals surface area contributed by atoms with Gasteiger partial charge in [0, 0.05) is 25.1 Å². The van der Waals surface area contributed by atoms with E-state index in [1.807, 2.05) is 30.6 Å². The van der Waals surface area contributed by atoms with E-state index in [0.717, 1.165) is 12.4 Å². The van der Waals surface area contributed by atoms with E-state index in [1.165, 1.54) is 16.0 Å². The number of rotatable bonds is 2. The molecule has 0 amide bonds. The quantitative estimate of drug-likeness (QED) is 0.885. The van der Waals surface area contributed by atoms with Crippen LogP contribution in [0.4, 0.5) is 5.82 Å². The molecule has 3 heterocycles. The highest BCUT2D eigenvalue weighted by Gasteiger charge is 2.25. The van der Waals surface area contributed by atoms with Crippen molar-refractivity contribution in [1.82, 2.24) is 15.5 Å². The van der Waals surface area contributed by atoms with Crippen LogP contribution in [-0.2, 0) is 4.74 Å². The molecule has 0 spiro atoms. The van der Waals surface area contributed by atoms with Gasteiger partial charge in [0.2, 0.25) is 0 Å². The van der Waals surface area contributed by atoms with Gasteiger partial charge < -0.3 is 15.0 Å². The summed E-state index contributed by atoms with van der Waals surface area (Å²) < 4.78 is 5.72. The summed E-state index contributed by atoms with van der Waals surface area (Å²) in [6.45, 7) is 2.18. The number of hydrogen-bond acceptors (Lipinski definition) is 5. The lowest BCUT2D eigenvalue weighted by atomic mass is 10.0. The van der Waals surface area contributed by atoms with Crippen LogP contribution in [0.25, 0.3) is 12.3 Å². The number of hydrogen-bond donors (Lipinski definition) is 1. The Bertz CT molecular complexity index is 832. The SMILES string of the molecule is C1=CNC=c2cc(C3COCCN3c3cccnn3)ccc2=C1. The van der Waals surface area contributed by atoms with Crippen molar-refractivity contribution in [1.29, 1.82) is 0 Å². The highest BCUT2D eigenvalue weighted by Crippen LogP contribution is 2.27. The third-order valence-corrected chi connectivity index (χ3v) is 4.18. The van der Waals surface area contributed by atoms with Gasteiger partial charge in [-0.15, -0.1) is 5.10 Å². The second kappa shape index (κ2) is 6.22. The van der Waals surface area contributed by atoms with Gasteiger partial charge in [0.1, 0.15) is 0 Å². The Hall–Kier alpha value is -2.66. The summed E-state index contributed by atoms with van der Waals surface area (Å²) in [6, 6.07) is 10.6. The van der Waals surface area contributed by atoms with Crippen LogP contribution in [0.3, 0.4) is 0 Å². The molecule has 1 fully saturated rings. The second-order valence-corrected chi connectivity index (χ2v) is 5.59. The molecule has 5 heteroatoms. The van der Waals surface area contributed by atoms with Crippen molar-refractivity contribution >= 4 is 18.1 Å². The molecule has 1 saturated heterocycles. The largest absolute Gasteiger partial charge is 0.377 e. The standard InChI is InChI=1S/C18H18N4O/c1-3-14-5-6-15(11-16(14)12-19-7-1)17-13-23-10-9-22(17)18-4-2-8-20-21-18/h1-8,11-12,17,19H,9-10,13H2. The van der Waals surface area contributed by atoms with Crippen LogP contribution >= 0.6 is 0 Å². The Kier molecular flexibility index (Phi) is 3.78. The van der Waals surface area contributed by atoms with Crippen molar-refractivity contribution in [2.24, 2.45) is 0 Å². The van der Waals surface area contributed by atoms with E-state index >= 15 is 0 Å². The summed E-state index contributed by atoms with van der Waals surface area (Å²) in [5.41, 5.74) is 1.22. The summed E-state index contributed by atoms with van der Waals surface area (Å²) in [7, 11) is 0. The molecule has 1 aromatic carbocycles. The van der Waals surface area contributed by atoms with Gasteiger partial charge in [0.25, 0.3) is 0 Å².